The van der Waals surface area contributed by atoms with Gasteiger partial charge in [-0.3, -0.25) is 9.89 Å². The summed E-state index contributed by atoms with van der Waals surface area (Å²) in [6.07, 6.45) is 2.15. The molecular weight excluding hydrogens is 306 g/mol. The fourth-order valence-corrected chi connectivity index (χ4v) is 2.95. The first-order chi connectivity index (χ1) is 10.8. The SMILES string of the molecule is CN=C(NCC(C(C)C)N1CCN(C)CC1)NCC(C)(C)SC. The first-order valence-corrected chi connectivity index (χ1v) is 9.94. The van der Waals surface area contributed by atoms with Gasteiger partial charge >= 0.3 is 0 Å². The summed E-state index contributed by atoms with van der Waals surface area (Å²) >= 11 is 1.87. The Hall–Kier alpha value is -0.460. The Morgan fingerprint density at radius 2 is 1.78 bits per heavy atom. The quantitative estimate of drug-likeness (QED) is 0.542. The van der Waals surface area contributed by atoms with Crippen molar-refractivity contribution in [3.8, 4) is 0 Å². The third-order valence-corrected chi connectivity index (χ3v) is 5.96. The number of nitrogens with one attached hydrogen (secondary N) is 2. The smallest absolute Gasteiger partial charge is 0.191 e. The Morgan fingerprint density at radius 3 is 2.26 bits per heavy atom. The van der Waals surface area contributed by atoms with Crippen LogP contribution in [-0.2, 0) is 0 Å². The van der Waals surface area contributed by atoms with E-state index >= 15 is 0 Å². The van der Waals surface area contributed by atoms with Crippen LogP contribution in [0.25, 0.3) is 0 Å². The average molecular weight is 344 g/mol. The number of piperazine rings is 1. The maximum atomic E-state index is 4.37. The molecule has 1 fully saturated rings. The van der Waals surface area contributed by atoms with Crippen molar-refractivity contribution >= 4 is 17.7 Å². The van der Waals surface area contributed by atoms with Crippen LogP contribution in [0.15, 0.2) is 4.99 Å². The van der Waals surface area contributed by atoms with Crippen molar-refractivity contribution in [1.29, 1.82) is 0 Å². The van der Waals surface area contributed by atoms with Crippen LogP contribution in [-0.4, -0.2) is 86.2 Å². The Balaban J connectivity index is 2.50. The van der Waals surface area contributed by atoms with Crippen LogP contribution < -0.4 is 10.6 Å². The molecule has 0 aromatic rings. The molecule has 0 spiro atoms. The number of nitrogens with zero attached hydrogens (tertiary/aromatic N) is 3. The van der Waals surface area contributed by atoms with Crippen molar-refractivity contribution < 1.29 is 0 Å². The predicted octanol–water partition coefficient (Wildman–Crippen LogP) is 1.57. The second-order valence-corrected chi connectivity index (χ2v) is 8.93. The van der Waals surface area contributed by atoms with Crippen molar-refractivity contribution in [2.24, 2.45) is 10.9 Å². The van der Waals surface area contributed by atoms with Gasteiger partial charge < -0.3 is 15.5 Å². The minimum atomic E-state index is 0.215. The second-order valence-electron chi connectivity index (χ2n) is 7.42. The highest BCUT2D eigenvalue weighted by Crippen LogP contribution is 2.19. The Bertz CT molecular complexity index is 362. The lowest BCUT2D eigenvalue weighted by molar-refractivity contribution is 0.0900. The van der Waals surface area contributed by atoms with Gasteiger partial charge in [0.05, 0.1) is 0 Å². The maximum absolute atomic E-state index is 4.37. The van der Waals surface area contributed by atoms with Gasteiger partial charge in [0, 0.05) is 57.1 Å². The number of thioether (sulfide) groups is 1. The molecule has 23 heavy (non-hydrogen) atoms. The lowest BCUT2D eigenvalue weighted by Crippen LogP contribution is -2.55. The predicted molar refractivity (Wildman–Crippen MR) is 105 cm³/mol. The fraction of sp³-hybridized carbons (Fsp3) is 0.941. The van der Waals surface area contributed by atoms with Crippen LogP contribution in [0.2, 0.25) is 0 Å². The zero-order chi connectivity index (χ0) is 17.5. The molecule has 1 heterocycles. The van der Waals surface area contributed by atoms with Crippen molar-refractivity contribution in [1.82, 2.24) is 20.4 Å². The van der Waals surface area contributed by atoms with Crippen molar-refractivity contribution in [2.75, 3.05) is 59.6 Å². The average Bonchev–Trinajstić information content (AvgIpc) is 2.51. The number of likely N-dealkylation sites (N-methyl/N-ethyl adjacent to an activating group) is 1. The highest BCUT2D eigenvalue weighted by atomic mass is 32.2. The summed E-state index contributed by atoms with van der Waals surface area (Å²) in [7, 11) is 4.06. The van der Waals surface area contributed by atoms with Crippen LogP contribution in [0.5, 0.6) is 0 Å². The van der Waals surface area contributed by atoms with E-state index in [2.05, 4.69) is 66.4 Å². The number of guanidine groups is 1. The first kappa shape index (κ1) is 20.6. The van der Waals surface area contributed by atoms with E-state index in [1.54, 1.807) is 0 Å². The molecule has 1 rings (SSSR count). The zero-order valence-corrected chi connectivity index (χ0v) is 17.0. The number of rotatable bonds is 7. The van der Waals surface area contributed by atoms with E-state index in [9.17, 15) is 0 Å². The minimum absolute atomic E-state index is 0.215. The highest BCUT2D eigenvalue weighted by Gasteiger charge is 2.25. The van der Waals surface area contributed by atoms with Gasteiger partial charge in [-0.2, -0.15) is 11.8 Å². The molecular formula is C17H37N5S. The first-order valence-electron chi connectivity index (χ1n) is 8.71. The van der Waals surface area contributed by atoms with E-state index in [0.29, 0.717) is 12.0 Å². The van der Waals surface area contributed by atoms with Gasteiger partial charge in [-0.15, -0.1) is 0 Å². The molecule has 1 aliphatic rings. The van der Waals surface area contributed by atoms with E-state index in [4.69, 9.17) is 0 Å². The molecule has 0 aliphatic carbocycles. The molecule has 1 unspecified atom stereocenters. The summed E-state index contributed by atoms with van der Waals surface area (Å²) in [5.41, 5.74) is 0. The lowest BCUT2D eigenvalue weighted by atomic mass is 10.0. The van der Waals surface area contributed by atoms with E-state index < -0.39 is 0 Å². The highest BCUT2D eigenvalue weighted by molar-refractivity contribution is 7.99. The molecule has 0 bridgehead atoms. The van der Waals surface area contributed by atoms with E-state index in [0.717, 1.165) is 45.2 Å². The van der Waals surface area contributed by atoms with Gasteiger partial charge in [-0.1, -0.05) is 13.8 Å². The number of hydrogen-bond acceptors (Lipinski definition) is 4. The Morgan fingerprint density at radius 1 is 1.17 bits per heavy atom. The summed E-state index contributed by atoms with van der Waals surface area (Å²) in [5, 5.41) is 6.99. The van der Waals surface area contributed by atoms with Gasteiger partial charge in [0.1, 0.15) is 0 Å². The molecule has 0 amide bonds. The lowest BCUT2D eigenvalue weighted by Gasteiger charge is -2.40. The minimum Gasteiger partial charge on any atom is -0.355 e. The molecule has 136 valence electrons. The number of aliphatic imine (C=N–C) groups is 1. The van der Waals surface area contributed by atoms with Crippen LogP contribution in [0.4, 0.5) is 0 Å². The van der Waals surface area contributed by atoms with E-state index in [1.807, 2.05) is 18.8 Å². The van der Waals surface area contributed by atoms with Gasteiger partial charge in [-0.25, -0.2) is 0 Å². The summed E-state index contributed by atoms with van der Waals surface area (Å²) in [4.78, 5) is 9.40. The topological polar surface area (TPSA) is 42.9 Å². The van der Waals surface area contributed by atoms with Crippen molar-refractivity contribution in [3.05, 3.63) is 0 Å². The van der Waals surface area contributed by atoms with E-state index in [-0.39, 0.29) is 4.75 Å². The van der Waals surface area contributed by atoms with Gasteiger partial charge in [0.2, 0.25) is 0 Å². The molecule has 5 nitrogen and oxygen atoms in total. The molecule has 0 aromatic carbocycles. The molecule has 0 radical (unpaired) electrons. The standard InChI is InChI=1S/C17H37N5S/c1-14(2)15(22-10-8-21(6)9-11-22)12-19-16(18-5)20-13-17(3,4)23-7/h14-15H,8-13H2,1-7H3,(H2,18,19,20). The zero-order valence-electron chi connectivity index (χ0n) is 16.1. The summed E-state index contributed by atoms with van der Waals surface area (Å²) in [6, 6.07) is 0.552. The summed E-state index contributed by atoms with van der Waals surface area (Å²) in [5.74, 6) is 1.54. The third-order valence-electron chi connectivity index (χ3n) is 4.71. The van der Waals surface area contributed by atoms with Crippen LogP contribution in [0.1, 0.15) is 27.7 Å². The van der Waals surface area contributed by atoms with Crippen LogP contribution >= 0.6 is 11.8 Å². The van der Waals surface area contributed by atoms with Crippen molar-refractivity contribution in [2.45, 2.75) is 38.5 Å². The normalized spacial score (nSPS) is 19.9. The van der Waals surface area contributed by atoms with Crippen molar-refractivity contribution in [3.63, 3.8) is 0 Å². The molecule has 0 aromatic heterocycles. The van der Waals surface area contributed by atoms with E-state index in [1.165, 1.54) is 0 Å². The molecule has 6 heteroatoms. The Labute approximate surface area is 147 Å². The van der Waals surface area contributed by atoms with Gasteiger partial charge in [-0.05, 0) is 33.1 Å². The number of hydrogen-bond donors (Lipinski definition) is 2. The monoisotopic (exact) mass is 343 g/mol. The largest absolute Gasteiger partial charge is 0.355 e. The Kier molecular flexibility index (Phi) is 8.72. The molecule has 2 N–H and O–H groups in total. The van der Waals surface area contributed by atoms with Gasteiger partial charge in [0.15, 0.2) is 5.96 Å². The third kappa shape index (κ3) is 7.31. The van der Waals surface area contributed by atoms with Crippen LogP contribution in [0.3, 0.4) is 0 Å². The van der Waals surface area contributed by atoms with Crippen LogP contribution in [0, 0.1) is 5.92 Å². The molecule has 1 atom stereocenters. The summed E-state index contributed by atoms with van der Waals surface area (Å²) in [6.45, 7) is 15.6. The summed E-state index contributed by atoms with van der Waals surface area (Å²) < 4.78 is 0.215. The molecule has 1 aliphatic heterocycles. The second kappa shape index (κ2) is 9.74. The maximum Gasteiger partial charge on any atom is 0.191 e. The molecule has 1 saturated heterocycles. The van der Waals surface area contributed by atoms with Gasteiger partial charge in [0.25, 0.3) is 0 Å². The fourth-order valence-electron chi connectivity index (χ4n) is 2.73. The molecule has 0 saturated carbocycles.